The van der Waals surface area contributed by atoms with Crippen molar-refractivity contribution in [3.05, 3.63) is 28.7 Å². The SMILES string of the molecule is O=C1CCCC2(CC2)C/C1=N\Nc1ccc(Br)cc1. The van der Waals surface area contributed by atoms with Crippen molar-refractivity contribution in [2.75, 3.05) is 5.43 Å². The minimum Gasteiger partial charge on any atom is -0.293 e. The standard InChI is InChI=1S/C15H17BrN2O/c16-11-3-5-12(6-4-11)17-18-13-10-15(8-9-15)7-1-2-14(13)19/h3-6,17H,1-2,7-10H2/b18-13+. The molecule has 2 fully saturated rings. The van der Waals surface area contributed by atoms with Gasteiger partial charge in [-0.15, -0.1) is 0 Å². The van der Waals surface area contributed by atoms with Crippen LogP contribution in [0.1, 0.15) is 38.5 Å². The molecule has 0 radical (unpaired) electrons. The molecule has 100 valence electrons. The average Bonchev–Trinajstić information content (AvgIpc) is 3.18. The molecule has 2 saturated carbocycles. The smallest absolute Gasteiger partial charge is 0.178 e. The Morgan fingerprint density at radius 3 is 2.58 bits per heavy atom. The van der Waals surface area contributed by atoms with Gasteiger partial charge in [-0.2, -0.15) is 5.10 Å². The number of hydrazone groups is 1. The van der Waals surface area contributed by atoms with Crippen LogP contribution < -0.4 is 5.43 Å². The molecule has 3 nitrogen and oxygen atoms in total. The van der Waals surface area contributed by atoms with Gasteiger partial charge in [-0.25, -0.2) is 0 Å². The number of hydrogen-bond acceptors (Lipinski definition) is 3. The highest BCUT2D eigenvalue weighted by atomic mass is 79.9. The first kappa shape index (κ1) is 12.9. The van der Waals surface area contributed by atoms with Gasteiger partial charge in [0.2, 0.25) is 0 Å². The molecule has 3 rings (SSSR count). The van der Waals surface area contributed by atoms with Crippen molar-refractivity contribution in [3.8, 4) is 0 Å². The number of nitrogens with one attached hydrogen (secondary N) is 1. The minimum atomic E-state index is 0.216. The second kappa shape index (κ2) is 5.08. The molecule has 0 unspecified atom stereocenters. The summed E-state index contributed by atoms with van der Waals surface area (Å²) in [4.78, 5) is 12.0. The van der Waals surface area contributed by atoms with E-state index in [1.807, 2.05) is 24.3 Å². The first-order valence-electron chi connectivity index (χ1n) is 6.78. The molecule has 0 saturated heterocycles. The zero-order valence-electron chi connectivity index (χ0n) is 10.8. The number of carbonyl (C=O) groups is 1. The molecule has 4 heteroatoms. The molecule has 0 atom stereocenters. The van der Waals surface area contributed by atoms with Crippen LogP contribution in [0.5, 0.6) is 0 Å². The third-order valence-electron chi connectivity index (χ3n) is 4.10. The van der Waals surface area contributed by atoms with Crippen molar-refractivity contribution in [2.45, 2.75) is 38.5 Å². The zero-order valence-corrected chi connectivity index (χ0v) is 12.4. The summed E-state index contributed by atoms with van der Waals surface area (Å²) in [6, 6.07) is 7.81. The van der Waals surface area contributed by atoms with Gasteiger partial charge in [0.05, 0.1) is 5.69 Å². The van der Waals surface area contributed by atoms with E-state index < -0.39 is 0 Å². The zero-order chi connectivity index (χ0) is 13.3. The van der Waals surface area contributed by atoms with E-state index in [1.54, 1.807) is 0 Å². The van der Waals surface area contributed by atoms with Gasteiger partial charge in [0, 0.05) is 17.3 Å². The lowest BCUT2D eigenvalue weighted by molar-refractivity contribution is -0.113. The Labute approximate surface area is 121 Å². The Bertz CT molecular complexity index is 517. The predicted molar refractivity (Wildman–Crippen MR) is 80.3 cm³/mol. The molecule has 1 N–H and O–H groups in total. The number of benzene rings is 1. The molecule has 1 aromatic rings. The van der Waals surface area contributed by atoms with Gasteiger partial charge in [-0.1, -0.05) is 15.9 Å². The second-order valence-corrected chi connectivity index (χ2v) is 6.55. The van der Waals surface area contributed by atoms with Crippen LogP contribution in [0.3, 0.4) is 0 Å². The largest absolute Gasteiger partial charge is 0.293 e. The predicted octanol–water partition coefficient (Wildman–Crippen LogP) is 4.14. The van der Waals surface area contributed by atoms with Gasteiger partial charge >= 0.3 is 0 Å². The first-order chi connectivity index (χ1) is 9.17. The van der Waals surface area contributed by atoms with E-state index >= 15 is 0 Å². The molecule has 1 aromatic carbocycles. The van der Waals surface area contributed by atoms with E-state index in [-0.39, 0.29) is 5.78 Å². The quantitative estimate of drug-likeness (QED) is 0.832. The summed E-state index contributed by atoms with van der Waals surface area (Å²) in [5, 5.41) is 4.36. The Hall–Kier alpha value is -1.16. The Kier molecular flexibility index (Phi) is 3.44. The average molecular weight is 321 g/mol. The van der Waals surface area contributed by atoms with Crippen LogP contribution in [0.2, 0.25) is 0 Å². The van der Waals surface area contributed by atoms with E-state index in [0.717, 1.165) is 28.7 Å². The van der Waals surface area contributed by atoms with E-state index in [2.05, 4.69) is 26.5 Å². The summed E-state index contributed by atoms with van der Waals surface area (Å²) in [6.45, 7) is 0. The third-order valence-corrected chi connectivity index (χ3v) is 4.63. The normalized spacial score (nSPS) is 23.4. The molecule has 2 aliphatic rings. The lowest BCUT2D eigenvalue weighted by Gasteiger charge is -2.10. The summed E-state index contributed by atoms with van der Waals surface area (Å²) in [6.07, 6.45) is 6.25. The second-order valence-electron chi connectivity index (χ2n) is 5.63. The number of halogens is 1. The van der Waals surface area contributed by atoms with Gasteiger partial charge < -0.3 is 0 Å². The maximum Gasteiger partial charge on any atom is 0.178 e. The molecule has 1 spiro atoms. The molecule has 0 aromatic heterocycles. The maximum atomic E-state index is 12.0. The van der Waals surface area contributed by atoms with Gasteiger partial charge in [0.15, 0.2) is 5.78 Å². The fourth-order valence-electron chi connectivity index (χ4n) is 2.67. The van der Waals surface area contributed by atoms with Crippen molar-refractivity contribution < 1.29 is 4.79 Å². The van der Waals surface area contributed by atoms with Crippen molar-refractivity contribution >= 4 is 33.1 Å². The number of nitrogens with zero attached hydrogens (tertiary/aromatic N) is 1. The Balaban J connectivity index is 1.73. The summed E-state index contributed by atoms with van der Waals surface area (Å²) in [5.41, 5.74) is 5.07. The van der Waals surface area contributed by atoms with Crippen LogP contribution in [-0.4, -0.2) is 11.5 Å². The summed E-state index contributed by atoms with van der Waals surface area (Å²) >= 11 is 3.40. The third kappa shape index (κ3) is 3.06. The minimum absolute atomic E-state index is 0.216. The van der Waals surface area contributed by atoms with Crippen LogP contribution in [0.15, 0.2) is 33.8 Å². The van der Waals surface area contributed by atoms with Crippen LogP contribution in [-0.2, 0) is 4.79 Å². The van der Waals surface area contributed by atoms with Gasteiger partial charge in [0.1, 0.15) is 5.71 Å². The number of Topliss-reactive ketones (excluding diaryl/α,β-unsaturated/α-hetero) is 1. The first-order valence-corrected chi connectivity index (χ1v) is 7.58. The lowest BCUT2D eigenvalue weighted by Crippen LogP contribution is -2.16. The molecular formula is C15H17BrN2O. The van der Waals surface area contributed by atoms with Gasteiger partial charge in [-0.05, 0) is 55.4 Å². The van der Waals surface area contributed by atoms with E-state index in [0.29, 0.717) is 11.8 Å². The number of carbonyl (C=O) groups excluding carboxylic acids is 1. The van der Waals surface area contributed by atoms with Crippen LogP contribution >= 0.6 is 15.9 Å². The van der Waals surface area contributed by atoms with Crippen LogP contribution in [0.25, 0.3) is 0 Å². The Morgan fingerprint density at radius 1 is 1.16 bits per heavy atom. The van der Waals surface area contributed by atoms with Gasteiger partial charge in [0.25, 0.3) is 0 Å². The summed E-state index contributed by atoms with van der Waals surface area (Å²) in [5.74, 6) is 0.216. The monoisotopic (exact) mass is 320 g/mol. The van der Waals surface area contributed by atoms with Gasteiger partial charge in [-0.3, -0.25) is 10.2 Å². The maximum absolute atomic E-state index is 12.0. The molecule has 0 heterocycles. The Morgan fingerprint density at radius 2 is 1.89 bits per heavy atom. The highest BCUT2D eigenvalue weighted by molar-refractivity contribution is 9.10. The summed E-state index contributed by atoms with van der Waals surface area (Å²) in [7, 11) is 0. The van der Waals surface area contributed by atoms with E-state index in [9.17, 15) is 4.79 Å². The van der Waals surface area contributed by atoms with Crippen LogP contribution in [0, 0.1) is 5.41 Å². The number of anilines is 1. The molecule has 2 aliphatic carbocycles. The van der Waals surface area contributed by atoms with Crippen molar-refractivity contribution in [2.24, 2.45) is 10.5 Å². The molecule has 0 aliphatic heterocycles. The fourth-order valence-corrected chi connectivity index (χ4v) is 2.94. The topological polar surface area (TPSA) is 41.5 Å². The van der Waals surface area contributed by atoms with E-state index in [1.165, 1.54) is 19.3 Å². The highest BCUT2D eigenvalue weighted by Gasteiger charge is 2.45. The molecule has 0 bridgehead atoms. The lowest BCUT2D eigenvalue weighted by atomic mass is 9.96. The molecule has 19 heavy (non-hydrogen) atoms. The van der Waals surface area contributed by atoms with Crippen molar-refractivity contribution in [3.63, 3.8) is 0 Å². The molecule has 0 amide bonds. The fraction of sp³-hybridized carbons (Fsp3) is 0.467. The number of rotatable bonds is 2. The van der Waals surface area contributed by atoms with Crippen molar-refractivity contribution in [1.29, 1.82) is 0 Å². The molecular weight excluding hydrogens is 304 g/mol. The number of ketones is 1. The summed E-state index contributed by atoms with van der Waals surface area (Å²) < 4.78 is 1.04. The van der Waals surface area contributed by atoms with Crippen molar-refractivity contribution in [1.82, 2.24) is 0 Å². The highest BCUT2D eigenvalue weighted by Crippen LogP contribution is 2.54. The number of hydrogen-bond donors (Lipinski definition) is 1. The van der Waals surface area contributed by atoms with E-state index in [4.69, 9.17) is 0 Å². The van der Waals surface area contributed by atoms with Crippen LogP contribution in [0.4, 0.5) is 5.69 Å².